The van der Waals surface area contributed by atoms with E-state index in [0.717, 1.165) is 6.04 Å². The number of nitrogens with one attached hydrogen (secondary N) is 1. The van der Waals surface area contributed by atoms with Crippen LogP contribution in [0.2, 0.25) is 0 Å². The number of rotatable bonds is 0. The summed E-state index contributed by atoms with van der Waals surface area (Å²) in [5.41, 5.74) is 0. The summed E-state index contributed by atoms with van der Waals surface area (Å²) >= 11 is 2.02. The number of hydrogen-bond acceptors (Lipinski definition) is 3. The van der Waals surface area contributed by atoms with Gasteiger partial charge in [-0.05, 0) is 6.42 Å². The first kappa shape index (κ1) is 6.01. The lowest BCUT2D eigenvalue weighted by atomic mass is 10.2. The fourth-order valence-corrected chi connectivity index (χ4v) is 2.69. The lowest BCUT2D eigenvalue weighted by Gasteiger charge is -2.28. The zero-order valence-corrected chi connectivity index (χ0v) is 6.28. The van der Waals surface area contributed by atoms with Crippen molar-refractivity contribution in [2.45, 2.75) is 12.5 Å². The van der Waals surface area contributed by atoms with E-state index in [9.17, 15) is 0 Å². The highest BCUT2D eigenvalue weighted by atomic mass is 32.2. The molecule has 1 atom stereocenters. The van der Waals surface area contributed by atoms with Gasteiger partial charge >= 0.3 is 0 Å². The second kappa shape index (κ2) is 2.48. The summed E-state index contributed by atoms with van der Waals surface area (Å²) in [4.78, 5) is 0. The zero-order chi connectivity index (χ0) is 6.10. The van der Waals surface area contributed by atoms with Crippen LogP contribution < -0.4 is 5.32 Å². The topological polar surface area (TPSA) is 15.3 Å². The van der Waals surface area contributed by atoms with Crippen molar-refractivity contribution in [3.05, 3.63) is 0 Å². The molecule has 1 N–H and O–H groups in total. The Morgan fingerprint density at radius 1 is 1.56 bits per heavy atom. The Hall–Kier alpha value is 0.270. The van der Waals surface area contributed by atoms with Crippen molar-refractivity contribution >= 4 is 11.9 Å². The van der Waals surface area contributed by atoms with E-state index in [1.54, 1.807) is 0 Å². The van der Waals surface area contributed by atoms with Crippen LogP contribution in [0.1, 0.15) is 6.42 Å². The van der Waals surface area contributed by atoms with Crippen LogP contribution in [0.3, 0.4) is 0 Å². The number of piperazine rings is 1. The Morgan fingerprint density at radius 3 is 3.44 bits per heavy atom. The highest BCUT2D eigenvalue weighted by Gasteiger charge is 2.26. The van der Waals surface area contributed by atoms with Gasteiger partial charge in [-0.15, -0.1) is 0 Å². The number of nitrogens with zero attached hydrogens (tertiary/aromatic N) is 1. The molecule has 2 fully saturated rings. The molecule has 1 unspecified atom stereocenters. The highest BCUT2D eigenvalue weighted by Crippen LogP contribution is 2.26. The molecule has 0 bridgehead atoms. The van der Waals surface area contributed by atoms with Crippen LogP contribution in [0.15, 0.2) is 0 Å². The lowest BCUT2D eigenvalue weighted by Crippen LogP contribution is -2.45. The van der Waals surface area contributed by atoms with Gasteiger partial charge in [0.2, 0.25) is 0 Å². The van der Waals surface area contributed by atoms with Gasteiger partial charge in [-0.2, -0.15) is 0 Å². The van der Waals surface area contributed by atoms with E-state index in [-0.39, 0.29) is 0 Å². The first-order valence-electron chi connectivity index (χ1n) is 3.57. The van der Waals surface area contributed by atoms with Crippen LogP contribution in [0.25, 0.3) is 0 Å². The molecule has 0 aromatic heterocycles. The van der Waals surface area contributed by atoms with E-state index in [1.807, 2.05) is 11.9 Å². The predicted octanol–water partition coefficient (Wildman–Crippen LogP) is 0.312. The van der Waals surface area contributed by atoms with Gasteiger partial charge in [-0.25, -0.2) is 4.31 Å². The molecule has 2 nitrogen and oxygen atoms in total. The van der Waals surface area contributed by atoms with Crippen LogP contribution >= 0.6 is 11.9 Å². The van der Waals surface area contributed by atoms with Crippen LogP contribution in [0.5, 0.6) is 0 Å². The molecule has 0 amide bonds. The third-order valence-electron chi connectivity index (χ3n) is 2.00. The Kier molecular flexibility index (Phi) is 1.66. The average Bonchev–Trinajstić information content (AvgIpc) is 2.33. The van der Waals surface area contributed by atoms with Crippen LogP contribution in [-0.4, -0.2) is 35.7 Å². The average molecular weight is 144 g/mol. The lowest BCUT2D eigenvalue weighted by molar-refractivity contribution is 0.303. The summed E-state index contributed by atoms with van der Waals surface area (Å²) in [6.07, 6.45) is 1.39. The molecular weight excluding hydrogens is 132 g/mol. The van der Waals surface area contributed by atoms with Crippen molar-refractivity contribution in [1.82, 2.24) is 9.62 Å². The summed E-state index contributed by atoms with van der Waals surface area (Å²) in [5.74, 6) is 1.34. The van der Waals surface area contributed by atoms with E-state index >= 15 is 0 Å². The second-order valence-electron chi connectivity index (χ2n) is 2.62. The van der Waals surface area contributed by atoms with E-state index < -0.39 is 0 Å². The van der Waals surface area contributed by atoms with Crippen molar-refractivity contribution in [3.63, 3.8) is 0 Å². The molecular formula is C6H12N2S. The van der Waals surface area contributed by atoms with Gasteiger partial charge < -0.3 is 5.32 Å². The quantitative estimate of drug-likeness (QED) is 0.493. The fraction of sp³-hybridized carbons (Fsp3) is 1.00. The van der Waals surface area contributed by atoms with E-state index in [2.05, 4.69) is 9.62 Å². The van der Waals surface area contributed by atoms with Crippen molar-refractivity contribution in [2.24, 2.45) is 0 Å². The fourth-order valence-electron chi connectivity index (χ4n) is 1.46. The van der Waals surface area contributed by atoms with Crippen molar-refractivity contribution in [1.29, 1.82) is 0 Å². The Balaban J connectivity index is 1.97. The SMILES string of the molecule is C1CN2SCCC2CN1. The monoisotopic (exact) mass is 144 g/mol. The first-order valence-corrected chi connectivity index (χ1v) is 4.51. The number of fused-ring (bicyclic) bond motifs is 1. The third kappa shape index (κ3) is 1.09. The molecule has 52 valence electrons. The van der Waals surface area contributed by atoms with Crippen LogP contribution in [-0.2, 0) is 0 Å². The van der Waals surface area contributed by atoms with Crippen LogP contribution in [0, 0.1) is 0 Å². The summed E-state index contributed by atoms with van der Waals surface area (Å²) in [5, 5.41) is 3.40. The summed E-state index contributed by atoms with van der Waals surface area (Å²) in [6, 6.07) is 0.851. The maximum atomic E-state index is 3.40. The summed E-state index contributed by atoms with van der Waals surface area (Å²) in [7, 11) is 0. The summed E-state index contributed by atoms with van der Waals surface area (Å²) in [6.45, 7) is 3.64. The van der Waals surface area contributed by atoms with E-state index in [4.69, 9.17) is 0 Å². The molecule has 0 aromatic rings. The minimum absolute atomic E-state index is 0.851. The smallest absolute Gasteiger partial charge is 0.0336 e. The van der Waals surface area contributed by atoms with Crippen LogP contribution in [0.4, 0.5) is 0 Å². The Bertz CT molecular complexity index is 95.2. The van der Waals surface area contributed by atoms with Crippen molar-refractivity contribution < 1.29 is 0 Å². The predicted molar refractivity (Wildman–Crippen MR) is 40.4 cm³/mol. The second-order valence-corrected chi connectivity index (χ2v) is 3.76. The van der Waals surface area contributed by atoms with Gasteiger partial charge in [0.1, 0.15) is 0 Å². The largest absolute Gasteiger partial charge is 0.314 e. The highest BCUT2D eigenvalue weighted by molar-refractivity contribution is 7.97. The van der Waals surface area contributed by atoms with Crippen molar-refractivity contribution in [2.75, 3.05) is 25.4 Å². The Labute approximate surface area is 60.1 Å². The molecule has 0 aromatic carbocycles. The molecule has 2 aliphatic rings. The molecule has 2 heterocycles. The minimum Gasteiger partial charge on any atom is -0.314 e. The van der Waals surface area contributed by atoms with Gasteiger partial charge in [0, 0.05) is 31.4 Å². The zero-order valence-electron chi connectivity index (χ0n) is 5.47. The molecule has 2 aliphatic heterocycles. The van der Waals surface area contributed by atoms with E-state index in [1.165, 1.54) is 31.8 Å². The van der Waals surface area contributed by atoms with E-state index in [0.29, 0.717) is 0 Å². The molecule has 2 saturated heterocycles. The van der Waals surface area contributed by atoms with Gasteiger partial charge in [-0.1, -0.05) is 11.9 Å². The van der Waals surface area contributed by atoms with Gasteiger partial charge in [0.05, 0.1) is 0 Å². The van der Waals surface area contributed by atoms with Gasteiger partial charge in [0.15, 0.2) is 0 Å². The molecule has 0 aliphatic carbocycles. The molecule has 3 heteroatoms. The molecule has 0 radical (unpaired) electrons. The first-order chi connectivity index (χ1) is 4.47. The minimum atomic E-state index is 0.851. The molecule has 2 rings (SSSR count). The maximum Gasteiger partial charge on any atom is 0.0336 e. The molecule has 0 spiro atoms. The summed E-state index contributed by atoms with van der Waals surface area (Å²) < 4.78 is 2.52. The van der Waals surface area contributed by atoms with Gasteiger partial charge in [0.25, 0.3) is 0 Å². The van der Waals surface area contributed by atoms with Crippen molar-refractivity contribution in [3.8, 4) is 0 Å². The third-order valence-corrected chi connectivity index (χ3v) is 3.24. The Morgan fingerprint density at radius 2 is 2.56 bits per heavy atom. The normalized spacial score (nSPS) is 36.7. The molecule has 0 saturated carbocycles. The molecule has 9 heavy (non-hydrogen) atoms. The maximum absolute atomic E-state index is 3.40. The standard InChI is InChI=1S/C6H12N2S/c1-4-9-8-3-2-7-5-6(1)8/h6-7H,1-5H2. The number of hydrogen-bond donors (Lipinski definition) is 1. The van der Waals surface area contributed by atoms with Gasteiger partial charge in [-0.3, -0.25) is 0 Å².